The maximum atomic E-state index is 3.57. The fourth-order valence-corrected chi connectivity index (χ4v) is 2.69. The van der Waals surface area contributed by atoms with Crippen LogP contribution in [0.3, 0.4) is 0 Å². The van der Waals surface area contributed by atoms with Crippen molar-refractivity contribution < 1.29 is 0 Å². The van der Waals surface area contributed by atoms with Gasteiger partial charge < -0.3 is 10.2 Å². The monoisotopic (exact) mass is 241 g/mol. The van der Waals surface area contributed by atoms with Crippen LogP contribution in [-0.4, -0.2) is 61.2 Å². The Balaban J connectivity index is 2.01. The summed E-state index contributed by atoms with van der Waals surface area (Å²) in [7, 11) is 0. The molecule has 3 nitrogen and oxygen atoms in total. The third kappa shape index (κ3) is 5.84. The van der Waals surface area contributed by atoms with Crippen molar-refractivity contribution in [3.8, 4) is 0 Å². The molecule has 102 valence electrons. The first kappa shape index (κ1) is 14.9. The molecule has 1 saturated heterocycles. The van der Waals surface area contributed by atoms with Gasteiger partial charge in [0.1, 0.15) is 0 Å². The Morgan fingerprint density at radius 3 is 2.12 bits per heavy atom. The highest BCUT2D eigenvalue weighted by atomic mass is 15.2. The van der Waals surface area contributed by atoms with Crippen LogP contribution >= 0.6 is 0 Å². The Kier molecular flexibility index (Phi) is 7.09. The highest BCUT2D eigenvalue weighted by Crippen LogP contribution is 2.05. The predicted molar refractivity (Wildman–Crippen MR) is 75.5 cm³/mol. The van der Waals surface area contributed by atoms with E-state index >= 15 is 0 Å². The number of hydrogen-bond donors (Lipinski definition) is 1. The van der Waals surface area contributed by atoms with Gasteiger partial charge in [-0.1, -0.05) is 0 Å². The molecule has 1 fully saturated rings. The first-order valence-corrected chi connectivity index (χ1v) is 7.30. The van der Waals surface area contributed by atoms with Gasteiger partial charge in [-0.05, 0) is 53.6 Å². The Bertz CT molecular complexity index is 178. The van der Waals surface area contributed by atoms with Crippen molar-refractivity contribution in [3.63, 3.8) is 0 Å². The minimum Gasteiger partial charge on any atom is -0.314 e. The number of nitrogens with one attached hydrogen (secondary N) is 1. The predicted octanol–water partition coefficient (Wildman–Crippen LogP) is 1.79. The molecule has 1 heterocycles. The molecule has 3 heteroatoms. The van der Waals surface area contributed by atoms with Gasteiger partial charge in [-0.2, -0.15) is 0 Å². The number of likely N-dealkylation sites (tertiary alicyclic amines) is 1. The first-order chi connectivity index (χ1) is 8.11. The van der Waals surface area contributed by atoms with Gasteiger partial charge in [0.2, 0.25) is 0 Å². The highest BCUT2D eigenvalue weighted by Gasteiger charge is 2.13. The van der Waals surface area contributed by atoms with Crippen molar-refractivity contribution in [3.05, 3.63) is 0 Å². The van der Waals surface area contributed by atoms with Crippen molar-refractivity contribution in [1.29, 1.82) is 0 Å². The summed E-state index contributed by atoms with van der Waals surface area (Å²) < 4.78 is 0. The van der Waals surface area contributed by atoms with Crippen LogP contribution in [0.25, 0.3) is 0 Å². The third-order valence-corrected chi connectivity index (χ3v) is 3.68. The topological polar surface area (TPSA) is 18.5 Å². The first-order valence-electron chi connectivity index (χ1n) is 7.30. The summed E-state index contributed by atoms with van der Waals surface area (Å²) in [4.78, 5) is 5.11. The van der Waals surface area contributed by atoms with Crippen molar-refractivity contribution in [2.75, 3.05) is 39.3 Å². The largest absolute Gasteiger partial charge is 0.314 e. The van der Waals surface area contributed by atoms with Crippen LogP contribution in [0.15, 0.2) is 0 Å². The zero-order valence-corrected chi connectivity index (χ0v) is 12.2. The van der Waals surface area contributed by atoms with Crippen LogP contribution in [0.2, 0.25) is 0 Å². The van der Waals surface area contributed by atoms with Gasteiger partial charge in [0, 0.05) is 38.3 Å². The Labute approximate surface area is 108 Å². The van der Waals surface area contributed by atoms with E-state index < -0.39 is 0 Å². The molecule has 1 N–H and O–H groups in total. The molecule has 1 aliphatic heterocycles. The zero-order chi connectivity index (χ0) is 12.7. The van der Waals surface area contributed by atoms with Gasteiger partial charge in [0.15, 0.2) is 0 Å². The van der Waals surface area contributed by atoms with Crippen LogP contribution in [0.1, 0.15) is 40.5 Å². The zero-order valence-electron chi connectivity index (χ0n) is 12.2. The van der Waals surface area contributed by atoms with Crippen molar-refractivity contribution >= 4 is 0 Å². The Morgan fingerprint density at radius 1 is 1.00 bits per heavy atom. The van der Waals surface area contributed by atoms with Crippen molar-refractivity contribution in [2.24, 2.45) is 0 Å². The second kappa shape index (κ2) is 8.06. The van der Waals surface area contributed by atoms with E-state index in [0.29, 0.717) is 12.1 Å². The number of hydrogen-bond acceptors (Lipinski definition) is 3. The van der Waals surface area contributed by atoms with E-state index in [1.807, 2.05) is 0 Å². The molecule has 0 aromatic rings. The van der Waals surface area contributed by atoms with E-state index in [4.69, 9.17) is 0 Å². The van der Waals surface area contributed by atoms with Gasteiger partial charge in [-0.3, -0.25) is 4.90 Å². The normalized spacial score (nSPS) is 17.8. The van der Waals surface area contributed by atoms with Crippen molar-refractivity contribution in [1.82, 2.24) is 15.1 Å². The smallest absolute Gasteiger partial charge is 0.0112 e. The molecule has 0 amide bonds. The molecule has 17 heavy (non-hydrogen) atoms. The van der Waals surface area contributed by atoms with Crippen molar-refractivity contribution in [2.45, 2.75) is 52.6 Å². The summed E-state index contributed by atoms with van der Waals surface area (Å²) in [6.07, 6.45) is 2.79. The van der Waals surface area contributed by atoms with E-state index in [9.17, 15) is 0 Å². The summed E-state index contributed by atoms with van der Waals surface area (Å²) in [6.45, 7) is 16.4. The van der Waals surface area contributed by atoms with Gasteiger partial charge in [-0.25, -0.2) is 0 Å². The molecule has 0 atom stereocenters. The molecule has 0 unspecified atom stereocenters. The van der Waals surface area contributed by atoms with Crippen LogP contribution < -0.4 is 5.32 Å². The summed E-state index contributed by atoms with van der Waals surface area (Å²) in [5.74, 6) is 0. The Hall–Kier alpha value is -0.120. The molecule has 0 aliphatic carbocycles. The minimum atomic E-state index is 0.649. The van der Waals surface area contributed by atoms with E-state index in [1.54, 1.807) is 0 Å². The van der Waals surface area contributed by atoms with Gasteiger partial charge in [0.25, 0.3) is 0 Å². The molecule has 1 rings (SSSR count). The third-order valence-electron chi connectivity index (χ3n) is 3.68. The molecule has 0 bridgehead atoms. The fraction of sp³-hybridized carbons (Fsp3) is 1.00. The minimum absolute atomic E-state index is 0.649. The molecule has 0 aromatic heterocycles. The van der Waals surface area contributed by atoms with Crippen LogP contribution in [0, 0.1) is 0 Å². The Morgan fingerprint density at radius 2 is 1.59 bits per heavy atom. The summed E-state index contributed by atoms with van der Waals surface area (Å²) in [5.41, 5.74) is 0. The van der Waals surface area contributed by atoms with Crippen LogP contribution in [0.4, 0.5) is 0 Å². The summed E-state index contributed by atoms with van der Waals surface area (Å²) in [5, 5.41) is 3.57. The quantitative estimate of drug-likeness (QED) is 0.654. The van der Waals surface area contributed by atoms with E-state index in [1.165, 1.54) is 32.5 Å². The molecule has 0 radical (unpaired) electrons. The van der Waals surface area contributed by atoms with Crippen LogP contribution in [0.5, 0.6) is 0 Å². The molecule has 0 saturated carbocycles. The molecular weight excluding hydrogens is 210 g/mol. The van der Waals surface area contributed by atoms with Gasteiger partial charge in [0.05, 0.1) is 0 Å². The molecular formula is C14H31N3. The lowest BCUT2D eigenvalue weighted by Gasteiger charge is -2.30. The lowest BCUT2D eigenvalue weighted by molar-refractivity contribution is 0.175. The standard InChI is InChI=1S/C14H31N3/c1-13(2)17(14(3)4)12-8-15-7-11-16-9-5-6-10-16/h13-15H,5-12H2,1-4H3. The van der Waals surface area contributed by atoms with Crippen LogP contribution in [-0.2, 0) is 0 Å². The average Bonchev–Trinajstić information content (AvgIpc) is 2.74. The summed E-state index contributed by atoms with van der Waals surface area (Å²) >= 11 is 0. The van der Waals surface area contributed by atoms with E-state index in [2.05, 4.69) is 42.8 Å². The molecule has 0 spiro atoms. The summed E-state index contributed by atoms with van der Waals surface area (Å²) in [6, 6.07) is 1.30. The number of rotatable bonds is 8. The van der Waals surface area contributed by atoms with E-state index in [-0.39, 0.29) is 0 Å². The van der Waals surface area contributed by atoms with Gasteiger partial charge >= 0.3 is 0 Å². The maximum Gasteiger partial charge on any atom is 0.0112 e. The lowest BCUT2D eigenvalue weighted by Crippen LogP contribution is -2.42. The SMILES string of the molecule is CC(C)N(CCNCCN1CCCC1)C(C)C. The highest BCUT2D eigenvalue weighted by molar-refractivity contribution is 4.70. The second-order valence-electron chi connectivity index (χ2n) is 5.72. The second-order valence-corrected chi connectivity index (χ2v) is 5.72. The maximum absolute atomic E-state index is 3.57. The number of nitrogens with zero attached hydrogens (tertiary/aromatic N) is 2. The average molecular weight is 241 g/mol. The molecule has 1 aliphatic rings. The lowest BCUT2D eigenvalue weighted by atomic mass is 10.2. The fourth-order valence-electron chi connectivity index (χ4n) is 2.69. The van der Waals surface area contributed by atoms with E-state index in [0.717, 1.165) is 19.6 Å². The van der Waals surface area contributed by atoms with Gasteiger partial charge in [-0.15, -0.1) is 0 Å². The molecule has 0 aromatic carbocycles.